The Bertz CT molecular complexity index is 520. The number of nitrogens with zero attached hydrogens (tertiary/aromatic N) is 1. The average molecular weight is 239 g/mol. The highest BCUT2D eigenvalue weighted by molar-refractivity contribution is 6.11. The summed E-state index contributed by atoms with van der Waals surface area (Å²) in [5, 5.41) is 0. The van der Waals surface area contributed by atoms with Gasteiger partial charge in [-0.05, 0) is 38.3 Å². The molecule has 1 aromatic carbocycles. The molecule has 0 saturated carbocycles. The summed E-state index contributed by atoms with van der Waals surface area (Å²) < 4.78 is 0. The van der Waals surface area contributed by atoms with Gasteiger partial charge in [0.15, 0.2) is 0 Å². The van der Waals surface area contributed by atoms with Crippen LogP contribution in [0.5, 0.6) is 0 Å². The molecule has 1 aromatic rings. The summed E-state index contributed by atoms with van der Waals surface area (Å²) in [6, 6.07) is 10.7. The zero-order valence-corrected chi connectivity index (χ0v) is 11.7. The van der Waals surface area contributed by atoms with Gasteiger partial charge < -0.3 is 0 Å². The molecule has 1 aliphatic rings. The maximum Gasteiger partial charge on any atom is 0.0516 e. The first-order chi connectivity index (χ1) is 8.61. The highest BCUT2D eigenvalue weighted by Crippen LogP contribution is 2.41. The van der Waals surface area contributed by atoms with Crippen molar-refractivity contribution in [2.75, 3.05) is 7.05 Å². The molecular weight excluding hydrogens is 218 g/mol. The molecule has 1 unspecified atom stereocenters. The predicted molar refractivity (Wildman–Crippen MR) is 79.1 cm³/mol. The minimum absolute atomic E-state index is 0.0396. The normalized spacial score (nSPS) is 27.9. The summed E-state index contributed by atoms with van der Waals surface area (Å²) in [5.41, 5.74) is 5.30. The summed E-state index contributed by atoms with van der Waals surface area (Å²) >= 11 is 0. The van der Waals surface area contributed by atoms with Crippen LogP contribution < -0.4 is 0 Å². The second kappa shape index (κ2) is 4.93. The van der Waals surface area contributed by atoms with Gasteiger partial charge in [-0.25, -0.2) is 0 Å². The van der Waals surface area contributed by atoms with Crippen LogP contribution in [0.15, 0.2) is 58.6 Å². The van der Waals surface area contributed by atoms with E-state index < -0.39 is 0 Å². The van der Waals surface area contributed by atoms with E-state index in [1.807, 2.05) is 7.05 Å². The summed E-state index contributed by atoms with van der Waals surface area (Å²) in [4.78, 5) is 4.54. The van der Waals surface area contributed by atoms with Gasteiger partial charge in [-0.2, -0.15) is 0 Å². The van der Waals surface area contributed by atoms with Crippen molar-refractivity contribution in [2.45, 2.75) is 27.2 Å². The summed E-state index contributed by atoms with van der Waals surface area (Å²) in [5.74, 6) is 0. The number of benzene rings is 1. The third-order valence-electron chi connectivity index (χ3n) is 3.97. The molecule has 0 radical (unpaired) electrons. The van der Waals surface area contributed by atoms with Crippen LogP contribution in [-0.4, -0.2) is 12.8 Å². The van der Waals surface area contributed by atoms with Crippen molar-refractivity contribution in [2.24, 2.45) is 10.4 Å². The Hall–Kier alpha value is -1.63. The van der Waals surface area contributed by atoms with Gasteiger partial charge in [0.25, 0.3) is 0 Å². The molecule has 0 amide bonds. The Balaban J connectivity index is 2.39. The molecule has 2 rings (SSSR count). The van der Waals surface area contributed by atoms with Gasteiger partial charge in [0.05, 0.1) is 5.71 Å². The first kappa shape index (κ1) is 12.8. The van der Waals surface area contributed by atoms with Crippen molar-refractivity contribution in [3.8, 4) is 0 Å². The van der Waals surface area contributed by atoms with Crippen LogP contribution in [-0.2, 0) is 6.42 Å². The van der Waals surface area contributed by atoms with Gasteiger partial charge in [0, 0.05) is 12.5 Å². The second-order valence-electron chi connectivity index (χ2n) is 5.14. The number of allylic oxidation sites excluding steroid dienone is 4. The zero-order chi connectivity index (χ0) is 13.2. The Morgan fingerprint density at radius 1 is 1.22 bits per heavy atom. The van der Waals surface area contributed by atoms with Crippen molar-refractivity contribution < 1.29 is 0 Å². The van der Waals surface area contributed by atoms with Crippen LogP contribution in [0, 0.1) is 5.41 Å². The fourth-order valence-electron chi connectivity index (χ4n) is 2.79. The standard InChI is InChI=1S/C17H21N/c1-5-15-11-13(2)17(3,16(15)18-4)12-14-9-7-6-8-10-14/h5-11H,12H2,1-4H3/b15-5-,18-16?. The molecule has 0 heterocycles. The fraction of sp³-hybridized carbons (Fsp3) is 0.353. The molecular formula is C17H21N. The topological polar surface area (TPSA) is 12.4 Å². The molecule has 1 nitrogen and oxygen atoms in total. The first-order valence-electron chi connectivity index (χ1n) is 6.48. The Kier molecular flexibility index (Phi) is 3.51. The van der Waals surface area contributed by atoms with Gasteiger partial charge in [0.2, 0.25) is 0 Å². The van der Waals surface area contributed by atoms with E-state index in [-0.39, 0.29) is 5.41 Å². The largest absolute Gasteiger partial charge is 0.292 e. The Labute approximate surface area is 110 Å². The average Bonchev–Trinajstić information content (AvgIpc) is 2.62. The molecule has 0 bridgehead atoms. The lowest BCUT2D eigenvalue weighted by atomic mass is 9.76. The van der Waals surface area contributed by atoms with Crippen molar-refractivity contribution in [1.82, 2.24) is 0 Å². The van der Waals surface area contributed by atoms with Crippen LogP contribution in [0.3, 0.4) is 0 Å². The summed E-state index contributed by atoms with van der Waals surface area (Å²) in [6.45, 7) is 6.59. The molecule has 1 heteroatoms. The van der Waals surface area contributed by atoms with E-state index in [0.29, 0.717) is 0 Å². The third-order valence-corrected chi connectivity index (χ3v) is 3.97. The fourth-order valence-corrected chi connectivity index (χ4v) is 2.79. The minimum Gasteiger partial charge on any atom is -0.292 e. The molecule has 18 heavy (non-hydrogen) atoms. The van der Waals surface area contributed by atoms with E-state index in [4.69, 9.17) is 0 Å². The van der Waals surface area contributed by atoms with Crippen LogP contribution in [0.4, 0.5) is 0 Å². The van der Waals surface area contributed by atoms with Crippen molar-refractivity contribution in [3.63, 3.8) is 0 Å². The third kappa shape index (κ3) is 2.05. The maximum absolute atomic E-state index is 4.54. The van der Waals surface area contributed by atoms with Crippen molar-refractivity contribution >= 4 is 5.71 Å². The number of aliphatic imine (C=N–C) groups is 1. The van der Waals surface area contributed by atoms with Crippen LogP contribution in [0.25, 0.3) is 0 Å². The molecule has 0 aromatic heterocycles. The van der Waals surface area contributed by atoms with E-state index in [2.05, 4.69) is 68.2 Å². The maximum atomic E-state index is 4.54. The monoisotopic (exact) mass is 239 g/mol. The van der Waals surface area contributed by atoms with Gasteiger partial charge in [-0.3, -0.25) is 4.99 Å². The van der Waals surface area contributed by atoms with Gasteiger partial charge >= 0.3 is 0 Å². The van der Waals surface area contributed by atoms with E-state index in [0.717, 1.165) is 6.42 Å². The van der Waals surface area contributed by atoms with E-state index in [1.54, 1.807) is 0 Å². The zero-order valence-electron chi connectivity index (χ0n) is 11.7. The van der Waals surface area contributed by atoms with Gasteiger partial charge in [0.1, 0.15) is 0 Å². The minimum atomic E-state index is 0.0396. The van der Waals surface area contributed by atoms with Crippen LogP contribution >= 0.6 is 0 Å². The molecule has 0 aliphatic heterocycles. The molecule has 1 atom stereocenters. The van der Waals surface area contributed by atoms with E-state index >= 15 is 0 Å². The molecule has 0 fully saturated rings. The molecule has 1 aliphatic carbocycles. The molecule has 0 N–H and O–H groups in total. The summed E-state index contributed by atoms with van der Waals surface area (Å²) in [7, 11) is 1.90. The van der Waals surface area contributed by atoms with Crippen LogP contribution in [0.2, 0.25) is 0 Å². The molecule has 0 spiro atoms. The van der Waals surface area contributed by atoms with Gasteiger partial charge in [-0.15, -0.1) is 0 Å². The summed E-state index contributed by atoms with van der Waals surface area (Å²) in [6.07, 6.45) is 5.44. The Morgan fingerprint density at radius 3 is 2.44 bits per heavy atom. The van der Waals surface area contributed by atoms with Crippen molar-refractivity contribution in [3.05, 3.63) is 59.2 Å². The lowest BCUT2D eigenvalue weighted by Gasteiger charge is -2.28. The second-order valence-corrected chi connectivity index (χ2v) is 5.14. The first-order valence-corrected chi connectivity index (χ1v) is 6.48. The smallest absolute Gasteiger partial charge is 0.0516 e. The van der Waals surface area contributed by atoms with E-state index in [9.17, 15) is 0 Å². The SMILES string of the molecule is C/C=C1/C=C(C)C(C)(Cc2ccccc2)C1=NC. The van der Waals surface area contributed by atoms with Crippen molar-refractivity contribution in [1.29, 1.82) is 0 Å². The number of hydrogen-bond acceptors (Lipinski definition) is 1. The molecule has 0 saturated heterocycles. The highest BCUT2D eigenvalue weighted by Gasteiger charge is 2.38. The Morgan fingerprint density at radius 2 is 1.89 bits per heavy atom. The van der Waals surface area contributed by atoms with E-state index in [1.165, 1.54) is 22.4 Å². The van der Waals surface area contributed by atoms with Crippen LogP contribution in [0.1, 0.15) is 26.3 Å². The lowest BCUT2D eigenvalue weighted by Crippen LogP contribution is -2.28. The predicted octanol–water partition coefficient (Wildman–Crippen LogP) is 4.21. The quantitative estimate of drug-likeness (QED) is 0.733. The lowest BCUT2D eigenvalue weighted by molar-refractivity contribution is 0.563. The number of rotatable bonds is 2. The number of hydrogen-bond donors (Lipinski definition) is 0. The molecule has 94 valence electrons. The highest BCUT2D eigenvalue weighted by atomic mass is 14.7. The van der Waals surface area contributed by atoms with Gasteiger partial charge in [-0.1, -0.05) is 48.1 Å².